The molecule has 2 atom stereocenters. The van der Waals surface area contributed by atoms with E-state index in [2.05, 4.69) is 0 Å². The van der Waals surface area contributed by atoms with Gasteiger partial charge in [-0.2, -0.15) is 0 Å². The second kappa shape index (κ2) is 5.43. The van der Waals surface area contributed by atoms with E-state index in [0.717, 1.165) is 10.6 Å². The van der Waals surface area contributed by atoms with Crippen LogP contribution in [0.2, 0.25) is 0 Å². The summed E-state index contributed by atoms with van der Waals surface area (Å²) in [5.74, 6) is -0.773. The van der Waals surface area contributed by atoms with Gasteiger partial charge in [-0.25, -0.2) is 0 Å². The largest absolute Gasteiger partial charge is 0.497 e. The number of carbonyl (C=O) groups is 2. The Balaban J connectivity index is 2.08. The summed E-state index contributed by atoms with van der Waals surface area (Å²) in [6.07, 6.45) is 8.47. The van der Waals surface area contributed by atoms with Crippen molar-refractivity contribution < 1.29 is 19.4 Å². The van der Waals surface area contributed by atoms with Crippen LogP contribution in [0.15, 0.2) is 46.2 Å². The molecule has 0 aromatic heterocycles. The predicted molar refractivity (Wildman–Crippen MR) is 82.2 cm³/mol. The van der Waals surface area contributed by atoms with Gasteiger partial charge in [-0.1, -0.05) is 23.8 Å². The Hall–Kier alpha value is -1.81. The molecule has 116 valence electrons. The fourth-order valence-electron chi connectivity index (χ4n) is 3.29. The van der Waals surface area contributed by atoms with Crippen LogP contribution in [0.5, 0.6) is 0 Å². The fourth-order valence-corrected chi connectivity index (χ4v) is 3.61. The topological polar surface area (TPSA) is 63.6 Å². The first kappa shape index (κ1) is 15.1. The van der Waals surface area contributed by atoms with E-state index < -0.39 is 17.3 Å². The molecule has 1 heterocycles. The molecule has 2 unspecified atom stereocenters. The molecule has 0 radical (unpaired) electrons. The second-order valence-electron chi connectivity index (χ2n) is 5.95. The van der Waals surface area contributed by atoms with E-state index in [0.29, 0.717) is 37.2 Å². The summed E-state index contributed by atoms with van der Waals surface area (Å²) in [4.78, 5) is 23.2. The van der Waals surface area contributed by atoms with Gasteiger partial charge in [-0.05, 0) is 36.6 Å². The van der Waals surface area contributed by atoms with Gasteiger partial charge < -0.3 is 9.84 Å². The van der Waals surface area contributed by atoms with Gasteiger partial charge in [-0.15, -0.1) is 0 Å². The smallest absolute Gasteiger partial charge is 0.310 e. The van der Waals surface area contributed by atoms with Gasteiger partial charge in [0, 0.05) is 17.9 Å². The molecule has 22 heavy (non-hydrogen) atoms. The first-order chi connectivity index (χ1) is 10.4. The van der Waals surface area contributed by atoms with Gasteiger partial charge in [0.15, 0.2) is 5.78 Å². The molecule has 0 saturated carbocycles. The SMILES string of the molecule is CC(C(=O)O)C1=CCC23CC(=O)C=CC2=C(Cl)CCOC3=C1. The minimum absolute atomic E-state index is 0.0350. The Morgan fingerprint density at radius 3 is 2.95 bits per heavy atom. The summed E-state index contributed by atoms with van der Waals surface area (Å²) >= 11 is 6.40. The highest BCUT2D eigenvalue weighted by Crippen LogP contribution is 2.52. The normalized spacial score (nSPS) is 28.7. The molecule has 2 aliphatic carbocycles. The third kappa shape index (κ3) is 2.31. The van der Waals surface area contributed by atoms with E-state index >= 15 is 0 Å². The molecule has 0 bridgehead atoms. The summed E-state index contributed by atoms with van der Waals surface area (Å²) in [5.41, 5.74) is 1.07. The van der Waals surface area contributed by atoms with Crippen LogP contribution in [0, 0.1) is 11.3 Å². The highest BCUT2D eigenvalue weighted by atomic mass is 35.5. The lowest BCUT2D eigenvalue weighted by molar-refractivity contribution is -0.139. The van der Waals surface area contributed by atoms with Gasteiger partial charge >= 0.3 is 5.97 Å². The van der Waals surface area contributed by atoms with Crippen molar-refractivity contribution in [3.05, 3.63) is 46.2 Å². The number of ketones is 1. The van der Waals surface area contributed by atoms with Crippen molar-refractivity contribution in [2.75, 3.05) is 6.61 Å². The number of ether oxygens (including phenoxy) is 1. The van der Waals surface area contributed by atoms with E-state index in [-0.39, 0.29) is 5.78 Å². The van der Waals surface area contributed by atoms with E-state index in [1.54, 1.807) is 25.2 Å². The quantitative estimate of drug-likeness (QED) is 0.847. The van der Waals surface area contributed by atoms with E-state index in [1.807, 2.05) is 6.08 Å². The van der Waals surface area contributed by atoms with Crippen LogP contribution in [0.1, 0.15) is 26.2 Å². The maximum atomic E-state index is 12.0. The highest BCUT2D eigenvalue weighted by Gasteiger charge is 2.46. The lowest BCUT2D eigenvalue weighted by atomic mass is 9.66. The molecule has 0 amide bonds. The number of halogens is 1. The van der Waals surface area contributed by atoms with Crippen LogP contribution in [-0.4, -0.2) is 23.5 Å². The Morgan fingerprint density at radius 1 is 1.45 bits per heavy atom. The van der Waals surface area contributed by atoms with E-state index in [9.17, 15) is 14.7 Å². The predicted octanol–water partition coefficient (Wildman–Crippen LogP) is 3.35. The molecule has 3 aliphatic rings. The number of aliphatic carboxylic acids is 1. The first-order valence-electron chi connectivity index (χ1n) is 7.32. The molecular weight excluding hydrogens is 304 g/mol. The third-order valence-corrected chi connectivity index (χ3v) is 5.02. The number of hydrogen-bond acceptors (Lipinski definition) is 3. The van der Waals surface area contributed by atoms with Gasteiger partial charge in [0.1, 0.15) is 5.76 Å². The zero-order valence-corrected chi connectivity index (χ0v) is 13.0. The van der Waals surface area contributed by atoms with E-state index in [1.165, 1.54) is 0 Å². The van der Waals surface area contributed by atoms with Crippen molar-refractivity contribution in [1.82, 2.24) is 0 Å². The monoisotopic (exact) mass is 320 g/mol. The Morgan fingerprint density at radius 2 is 2.23 bits per heavy atom. The Kier molecular flexibility index (Phi) is 3.73. The summed E-state index contributed by atoms with van der Waals surface area (Å²) in [7, 11) is 0. The first-order valence-corrected chi connectivity index (χ1v) is 7.70. The minimum atomic E-state index is -0.874. The Labute approximate surface area is 133 Å². The summed E-state index contributed by atoms with van der Waals surface area (Å²) < 4.78 is 5.86. The van der Waals surface area contributed by atoms with Crippen molar-refractivity contribution in [3.8, 4) is 0 Å². The molecule has 0 saturated heterocycles. The van der Waals surface area contributed by atoms with Crippen molar-refractivity contribution in [2.45, 2.75) is 26.2 Å². The molecule has 0 fully saturated rings. The lowest BCUT2D eigenvalue weighted by Crippen LogP contribution is -2.33. The molecule has 4 nitrogen and oxygen atoms in total. The van der Waals surface area contributed by atoms with Crippen LogP contribution in [-0.2, 0) is 14.3 Å². The molecule has 1 spiro atoms. The second-order valence-corrected chi connectivity index (χ2v) is 6.41. The van der Waals surface area contributed by atoms with Crippen LogP contribution < -0.4 is 0 Å². The van der Waals surface area contributed by atoms with Crippen molar-refractivity contribution in [2.24, 2.45) is 11.3 Å². The highest BCUT2D eigenvalue weighted by molar-refractivity contribution is 6.30. The number of carbonyl (C=O) groups excluding carboxylic acids is 1. The maximum Gasteiger partial charge on any atom is 0.310 e. The maximum absolute atomic E-state index is 12.0. The molecule has 0 aromatic carbocycles. The number of hydrogen-bond donors (Lipinski definition) is 1. The summed E-state index contributed by atoms with van der Waals surface area (Å²) in [6, 6.07) is 0. The lowest BCUT2D eigenvalue weighted by Gasteiger charge is -2.39. The average molecular weight is 321 g/mol. The molecule has 3 rings (SSSR count). The minimum Gasteiger partial charge on any atom is -0.497 e. The molecule has 1 aliphatic heterocycles. The molecule has 1 N–H and O–H groups in total. The van der Waals surface area contributed by atoms with Crippen molar-refractivity contribution >= 4 is 23.4 Å². The van der Waals surface area contributed by atoms with Crippen molar-refractivity contribution in [3.63, 3.8) is 0 Å². The zero-order chi connectivity index (χ0) is 15.9. The van der Waals surface area contributed by atoms with Gasteiger partial charge in [0.2, 0.25) is 0 Å². The summed E-state index contributed by atoms with van der Waals surface area (Å²) in [6.45, 7) is 2.09. The third-order valence-electron chi connectivity index (χ3n) is 4.62. The average Bonchev–Trinajstić information content (AvgIpc) is 2.61. The standard InChI is InChI=1S/C17H17ClO4/c1-10(16(20)21)11-4-6-17-9-12(19)2-3-13(17)14(18)5-7-22-15(17)8-11/h2-4,8,10H,5-7,9H2,1H3,(H,20,21). The van der Waals surface area contributed by atoms with Crippen molar-refractivity contribution in [1.29, 1.82) is 0 Å². The number of rotatable bonds is 2. The van der Waals surface area contributed by atoms with Gasteiger partial charge in [0.25, 0.3) is 0 Å². The molecule has 5 heteroatoms. The fraction of sp³-hybridized carbons (Fsp3) is 0.412. The number of carboxylic acid groups (broad SMARTS) is 1. The van der Waals surface area contributed by atoms with Crippen LogP contribution >= 0.6 is 11.6 Å². The van der Waals surface area contributed by atoms with Crippen LogP contribution in [0.4, 0.5) is 0 Å². The number of allylic oxidation sites excluding steroid dienone is 5. The van der Waals surface area contributed by atoms with E-state index in [4.69, 9.17) is 16.3 Å². The zero-order valence-electron chi connectivity index (χ0n) is 12.3. The van der Waals surface area contributed by atoms with Crippen LogP contribution in [0.25, 0.3) is 0 Å². The van der Waals surface area contributed by atoms with Gasteiger partial charge in [0.05, 0.1) is 17.9 Å². The van der Waals surface area contributed by atoms with Gasteiger partial charge in [-0.3, -0.25) is 9.59 Å². The molecular formula is C17H17ClO4. The van der Waals surface area contributed by atoms with Crippen LogP contribution in [0.3, 0.4) is 0 Å². The molecule has 0 aromatic rings. The number of carboxylic acids is 1. The Bertz CT molecular complexity index is 668. The summed E-state index contributed by atoms with van der Waals surface area (Å²) in [5, 5.41) is 9.91.